The van der Waals surface area contributed by atoms with Crippen molar-refractivity contribution < 1.29 is 4.39 Å². The lowest BCUT2D eigenvalue weighted by Crippen LogP contribution is -2.23. The zero-order valence-corrected chi connectivity index (χ0v) is 12.0. The molecule has 0 bridgehead atoms. The van der Waals surface area contributed by atoms with Crippen LogP contribution in [-0.4, -0.2) is 0 Å². The van der Waals surface area contributed by atoms with Gasteiger partial charge < -0.3 is 5.73 Å². The van der Waals surface area contributed by atoms with Crippen molar-refractivity contribution in [2.75, 3.05) is 0 Å². The normalized spacial score (nSPS) is 18.6. The predicted octanol–water partition coefficient (Wildman–Crippen LogP) is 4.32. The van der Waals surface area contributed by atoms with E-state index in [1.54, 1.807) is 6.07 Å². The van der Waals surface area contributed by atoms with E-state index in [1.807, 2.05) is 6.07 Å². The summed E-state index contributed by atoms with van der Waals surface area (Å²) >= 11 is 3.39. The molecule has 0 radical (unpaired) electrons. The van der Waals surface area contributed by atoms with E-state index in [9.17, 15) is 4.39 Å². The van der Waals surface area contributed by atoms with Crippen LogP contribution in [0.2, 0.25) is 0 Å². The first kappa shape index (κ1) is 12.8. The molecule has 2 aromatic carbocycles. The average molecular weight is 320 g/mol. The summed E-state index contributed by atoms with van der Waals surface area (Å²) in [5, 5.41) is 0. The summed E-state index contributed by atoms with van der Waals surface area (Å²) in [6.07, 6.45) is 1.84. The highest BCUT2D eigenvalue weighted by atomic mass is 79.9. The fourth-order valence-electron chi connectivity index (χ4n) is 2.86. The summed E-state index contributed by atoms with van der Waals surface area (Å²) in [5.41, 5.74) is 9.55. The Morgan fingerprint density at radius 3 is 2.74 bits per heavy atom. The van der Waals surface area contributed by atoms with Crippen LogP contribution in [0, 0.1) is 5.82 Å². The molecule has 0 heterocycles. The van der Waals surface area contributed by atoms with Gasteiger partial charge in [-0.15, -0.1) is 0 Å². The van der Waals surface area contributed by atoms with E-state index in [1.165, 1.54) is 17.2 Å². The van der Waals surface area contributed by atoms with Crippen LogP contribution < -0.4 is 5.73 Å². The number of hydrogen-bond donors (Lipinski definition) is 1. The molecular weight excluding hydrogens is 305 g/mol. The summed E-state index contributed by atoms with van der Waals surface area (Å²) in [6, 6.07) is 13.1. The van der Waals surface area contributed by atoms with E-state index in [-0.39, 0.29) is 11.9 Å². The lowest BCUT2D eigenvalue weighted by Gasteiger charge is -2.32. The van der Waals surface area contributed by atoms with Gasteiger partial charge in [0.15, 0.2) is 0 Å². The molecule has 1 nitrogen and oxygen atoms in total. The van der Waals surface area contributed by atoms with Crippen LogP contribution in [0.25, 0.3) is 0 Å². The average Bonchev–Trinajstić information content (AvgIpc) is 2.36. The fraction of sp³-hybridized carbons (Fsp3) is 0.250. The van der Waals surface area contributed by atoms with Gasteiger partial charge in [-0.3, -0.25) is 0 Å². The van der Waals surface area contributed by atoms with Crippen molar-refractivity contribution in [3.05, 3.63) is 69.4 Å². The highest BCUT2D eigenvalue weighted by Crippen LogP contribution is 2.41. The highest BCUT2D eigenvalue weighted by molar-refractivity contribution is 9.10. The van der Waals surface area contributed by atoms with Gasteiger partial charge in [-0.25, -0.2) is 4.39 Å². The molecule has 1 aliphatic carbocycles. The van der Waals surface area contributed by atoms with Gasteiger partial charge in [-0.05, 0) is 42.0 Å². The Hall–Kier alpha value is -1.19. The third-order valence-corrected chi connectivity index (χ3v) is 4.56. The summed E-state index contributed by atoms with van der Waals surface area (Å²) in [7, 11) is 0. The standard InChI is InChI=1S/C16H15BrFN/c17-13-6-3-7-14(18)16(13)15(19)9-11-8-10-4-1-2-5-12(10)11/h1-7,11,15H,8-9,19H2. The molecule has 19 heavy (non-hydrogen) atoms. The number of nitrogens with two attached hydrogens (primary N) is 1. The zero-order valence-electron chi connectivity index (χ0n) is 10.4. The van der Waals surface area contributed by atoms with Gasteiger partial charge in [0.1, 0.15) is 5.82 Å². The lowest BCUT2D eigenvalue weighted by molar-refractivity contribution is 0.480. The Balaban J connectivity index is 1.79. The van der Waals surface area contributed by atoms with Gasteiger partial charge in [0.2, 0.25) is 0 Å². The van der Waals surface area contributed by atoms with Crippen LogP contribution in [0.3, 0.4) is 0 Å². The van der Waals surface area contributed by atoms with Gasteiger partial charge in [-0.1, -0.05) is 46.3 Å². The van der Waals surface area contributed by atoms with E-state index < -0.39 is 0 Å². The summed E-state index contributed by atoms with van der Waals surface area (Å²) in [5.74, 6) is 0.229. The van der Waals surface area contributed by atoms with E-state index in [0.717, 1.165) is 17.3 Å². The van der Waals surface area contributed by atoms with Crippen LogP contribution >= 0.6 is 15.9 Å². The largest absolute Gasteiger partial charge is 0.324 e. The summed E-state index contributed by atoms with van der Waals surface area (Å²) in [4.78, 5) is 0. The molecule has 0 aliphatic heterocycles. The Morgan fingerprint density at radius 1 is 1.21 bits per heavy atom. The minimum Gasteiger partial charge on any atom is -0.324 e. The molecule has 3 heteroatoms. The second-order valence-corrected chi connectivity index (χ2v) is 5.93. The number of rotatable bonds is 3. The van der Waals surface area contributed by atoms with Crippen molar-refractivity contribution in [2.24, 2.45) is 5.73 Å². The maximum Gasteiger partial charge on any atom is 0.129 e. The third-order valence-electron chi connectivity index (χ3n) is 3.87. The summed E-state index contributed by atoms with van der Waals surface area (Å²) in [6.45, 7) is 0. The van der Waals surface area contributed by atoms with Gasteiger partial charge >= 0.3 is 0 Å². The molecule has 3 rings (SSSR count). The molecule has 0 amide bonds. The van der Waals surface area contributed by atoms with E-state index >= 15 is 0 Å². The molecule has 2 unspecified atom stereocenters. The zero-order chi connectivity index (χ0) is 13.4. The molecule has 1 aliphatic rings. The molecule has 0 fully saturated rings. The van der Waals surface area contributed by atoms with Crippen LogP contribution in [0.5, 0.6) is 0 Å². The van der Waals surface area contributed by atoms with Crippen LogP contribution in [0.4, 0.5) is 4.39 Å². The molecule has 0 saturated carbocycles. The van der Waals surface area contributed by atoms with E-state index in [4.69, 9.17) is 5.73 Å². The number of benzene rings is 2. The van der Waals surface area contributed by atoms with Crippen molar-refractivity contribution in [1.82, 2.24) is 0 Å². The van der Waals surface area contributed by atoms with Gasteiger partial charge in [0, 0.05) is 16.1 Å². The van der Waals surface area contributed by atoms with Crippen molar-refractivity contribution >= 4 is 15.9 Å². The SMILES string of the molecule is NC(CC1Cc2ccccc21)c1c(F)cccc1Br. The topological polar surface area (TPSA) is 26.0 Å². The fourth-order valence-corrected chi connectivity index (χ4v) is 3.50. The first-order chi connectivity index (χ1) is 9.16. The number of fused-ring (bicyclic) bond motifs is 1. The van der Waals surface area contributed by atoms with Crippen molar-refractivity contribution in [3.63, 3.8) is 0 Å². The number of halogens is 2. The first-order valence-electron chi connectivity index (χ1n) is 6.44. The van der Waals surface area contributed by atoms with Crippen molar-refractivity contribution in [3.8, 4) is 0 Å². The van der Waals surface area contributed by atoms with Crippen LogP contribution in [-0.2, 0) is 6.42 Å². The summed E-state index contributed by atoms with van der Waals surface area (Å²) < 4.78 is 14.6. The maximum absolute atomic E-state index is 13.9. The van der Waals surface area contributed by atoms with Gasteiger partial charge in [-0.2, -0.15) is 0 Å². The Bertz CT molecular complexity index is 591. The molecule has 0 aromatic heterocycles. The Labute approximate surface area is 120 Å². The predicted molar refractivity (Wildman–Crippen MR) is 78.5 cm³/mol. The second kappa shape index (κ2) is 5.06. The lowest BCUT2D eigenvalue weighted by atomic mass is 9.74. The number of hydrogen-bond acceptors (Lipinski definition) is 1. The smallest absolute Gasteiger partial charge is 0.129 e. The molecule has 2 N–H and O–H groups in total. The Kier molecular flexibility index (Phi) is 3.42. The Morgan fingerprint density at radius 2 is 2.00 bits per heavy atom. The quantitative estimate of drug-likeness (QED) is 0.895. The minimum absolute atomic E-state index is 0.227. The molecule has 2 atom stereocenters. The monoisotopic (exact) mass is 319 g/mol. The molecule has 98 valence electrons. The van der Waals surface area contributed by atoms with Crippen LogP contribution in [0.15, 0.2) is 46.9 Å². The first-order valence-corrected chi connectivity index (χ1v) is 7.23. The maximum atomic E-state index is 13.9. The van der Waals surface area contributed by atoms with Crippen molar-refractivity contribution in [1.29, 1.82) is 0 Å². The van der Waals surface area contributed by atoms with Crippen LogP contribution in [0.1, 0.15) is 35.1 Å². The van der Waals surface area contributed by atoms with E-state index in [2.05, 4.69) is 40.2 Å². The second-order valence-electron chi connectivity index (χ2n) is 5.08. The molecular formula is C16H15BrFN. The molecule has 2 aromatic rings. The van der Waals surface area contributed by atoms with Crippen molar-refractivity contribution in [2.45, 2.75) is 24.8 Å². The minimum atomic E-state index is -0.270. The molecule has 0 spiro atoms. The molecule has 0 saturated heterocycles. The van der Waals surface area contributed by atoms with Gasteiger partial charge in [0.25, 0.3) is 0 Å². The highest BCUT2D eigenvalue weighted by Gasteiger charge is 2.28. The third kappa shape index (κ3) is 2.33. The van der Waals surface area contributed by atoms with Gasteiger partial charge in [0.05, 0.1) is 0 Å². The van der Waals surface area contributed by atoms with E-state index in [0.29, 0.717) is 11.5 Å².